The van der Waals surface area contributed by atoms with E-state index in [4.69, 9.17) is 14.5 Å². The first-order chi connectivity index (χ1) is 17.5. The van der Waals surface area contributed by atoms with Crippen LogP contribution in [0.25, 0.3) is 0 Å². The first-order valence-corrected chi connectivity index (χ1v) is 16.9. The molecule has 0 aliphatic carbocycles. The number of unbranched alkanes of at least 4 members (excludes halogenated alkanes) is 14. The second kappa shape index (κ2) is 26.4. The summed E-state index contributed by atoms with van der Waals surface area (Å²) in [5, 5.41) is 0.213. The Morgan fingerprint density at radius 2 is 1.31 bits per heavy atom. The zero-order valence-corrected chi connectivity index (χ0v) is 25.4. The molecular weight excluding hydrogens is 495 g/mol. The molecule has 0 aliphatic heterocycles. The lowest BCUT2D eigenvalue weighted by Gasteiger charge is -2.22. The van der Waals surface area contributed by atoms with Crippen molar-refractivity contribution in [1.82, 2.24) is 0 Å². The largest absolute Gasteiger partial charge is 0.601 e. The highest BCUT2D eigenvalue weighted by Crippen LogP contribution is 2.26. The van der Waals surface area contributed by atoms with Crippen LogP contribution in [0, 0.1) is 0 Å². The van der Waals surface area contributed by atoms with Crippen LogP contribution in [0.2, 0.25) is 0 Å². The Kier molecular flexibility index (Phi) is 26.3. The Hall–Kier alpha value is -0.170. The molecular formula is C28H55O6PS. The van der Waals surface area contributed by atoms with Crippen molar-refractivity contribution < 1.29 is 29.1 Å². The summed E-state index contributed by atoms with van der Waals surface area (Å²) in [5.74, 6) is 0.0509. The number of carbonyl (C=O) groups excluding carboxylic acids is 1. The predicted molar refractivity (Wildman–Crippen MR) is 153 cm³/mol. The summed E-state index contributed by atoms with van der Waals surface area (Å²) in [6.45, 7) is 8.42. The molecule has 0 fully saturated rings. The van der Waals surface area contributed by atoms with E-state index in [1.165, 1.54) is 96.3 Å². The van der Waals surface area contributed by atoms with Gasteiger partial charge in [-0.25, -0.2) is 4.79 Å². The minimum absolute atomic E-state index is 0.178. The van der Waals surface area contributed by atoms with E-state index in [0.29, 0.717) is 6.42 Å². The Balaban J connectivity index is 4.43. The molecule has 0 rings (SSSR count). The Morgan fingerprint density at radius 1 is 0.806 bits per heavy atom. The zero-order chi connectivity index (χ0) is 26.9. The highest BCUT2D eigenvalue weighted by Gasteiger charge is 2.27. The minimum atomic E-state index is -2.92. The van der Waals surface area contributed by atoms with Crippen LogP contribution in [0.5, 0.6) is 0 Å². The molecule has 3 unspecified atom stereocenters. The first-order valence-electron chi connectivity index (χ1n) is 14.6. The number of rotatable bonds is 26. The molecule has 0 spiro atoms. The van der Waals surface area contributed by atoms with Crippen LogP contribution in [0.1, 0.15) is 143 Å². The molecule has 8 heteroatoms. The van der Waals surface area contributed by atoms with Gasteiger partial charge in [0.1, 0.15) is 6.10 Å². The molecule has 1 N–H and O–H groups in total. The monoisotopic (exact) mass is 550 g/mol. The van der Waals surface area contributed by atoms with Gasteiger partial charge in [-0.05, 0) is 31.9 Å². The summed E-state index contributed by atoms with van der Waals surface area (Å²) >= 11 is 1.89. The van der Waals surface area contributed by atoms with E-state index in [0.717, 1.165) is 18.6 Å². The quantitative estimate of drug-likeness (QED) is 0.0508. The molecule has 0 aromatic heterocycles. The van der Waals surface area contributed by atoms with Crippen molar-refractivity contribution >= 4 is 31.2 Å². The smallest absolute Gasteiger partial charge is 0.442 e. The van der Waals surface area contributed by atoms with Crippen molar-refractivity contribution in [2.75, 3.05) is 12.4 Å². The molecule has 3 atom stereocenters. The molecule has 6 nitrogen and oxygen atoms in total. The maximum atomic E-state index is 12.2. The number of hydrogen-bond donors (Lipinski definition) is 1. The predicted octanol–water partition coefficient (Wildman–Crippen LogP) is 7.84. The minimum Gasteiger partial charge on any atom is -0.601 e. The maximum absolute atomic E-state index is 12.2. The molecule has 0 aromatic rings. The molecule has 0 heterocycles. The van der Waals surface area contributed by atoms with Crippen LogP contribution in [0.3, 0.4) is 0 Å². The Bertz CT molecular complexity index is 542. The van der Waals surface area contributed by atoms with E-state index in [1.807, 2.05) is 25.6 Å². The Morgan fingerprint density at radius 3 is 1.81 bits per heavy atom. The highest BCUT2D eigenvalue weighted by molar-refractivity contribution is 7.99. The molecule has 0 aliphatic rings. The number of ether oxygens (including phenoxy) is 1. The summed E-state index contributed by atoms with van der Waals surface area (Å²) in [5.41, 5.74) is -0.579. The SMILES string of the molecule is CCCCCCCCCCCCSC(CCCCCCCC)C(C)OOC(=O)C(OCCC)=[P+]([O-])O. The lowest BCUT2D eigenvalue weighted by atomic mass is 10.1. The third-order valence-corrected chi connectivity index (χ3v) is 8.49. The van der Waals surface area contributed by atoms with Gasteiger partial charge in [-0.1, -0.05) is 117 Å². The first kappa shape index (κ1) is 35.8. The van der Waals surface area contributed by atoms with Gasteiger partial charge >= 0.3 is 11.4 Å². The van der Waals surface area contributed by atoms with E-state index in [9.17, 15) is 14.6 Å². The van der Waals surface area contributed by atoms with Crippen LogP contribution < -0.4 is 4.89 Å². The molecule has 0 aromatic carbocycles. The Labute approximate surface area is 227 Å². The maximum Gasteiger partial charge on any atom is 0.442 e. The summed E-state index contributed by atoms with van der Waals surface area (Å²) in [6, 6.07) is 0. The molecule has 0 saturated carbocycles. The third-order valence-electron chi connectivity index (χ3n) is 6.26. The molecule has 0 bridgehead atoms. The normalized spacial score (nSPS) is 13.9. The van der Waals surface area contributed by atoms with Gasteiger partial charge in [-0.15, -0.1) is 0 Å². The van der Waals surface area contributed by atoms with Gasteiger partial charge < -0.3 is 9.63 Å². The van der Waals surface area contributed by atoms with Crippen molar-refractivity contribution in [2.45, 2.75) is 155 Å². The van der Waals surface area contributed by atoms with Gasteiger partial charge in [-0.3, -0.25) is 4.89 Å². The molecule has 0 saturated heterocycles. The van der Waals surface area contributed by atoms with Crippen LogP contribution in [-0.2, 0) is 19.3 Å². The molecule has 0 amide bonds. The fourth-order valence-electron chi connectivity index (χ4n) is 4.01. The van der Waals surface area contributed by atoms with Gasteiger partial charge in [0.25, 0.3) is 8.00 Å². The van der Waals surface area contributed by atoms with Crippen molar-refractivity contribution in [1.29, 1.82) is 0 Å². The summed E-state index contributed by atoms with van der Waals surface area (Å²) in [6.07, 6.45) is 22.0. The molecule has 214 valence electrons. The average molecular weight is 551 g/mol. The number of carbonyl (C=O) groups is 1. The standard InChI is InChI=1S/C28H55O6PS/c1-5-8-10-12-14-15-16-17-19-21-24-36-26(22-20-18-13-11-9-6-2)25(4)33-34-27(29)28(35(30)31)32-23-7-3/h25-26H,5-24H2,1-4H3,(H,30,31). The lowest BCUT2D eigenvalue weighted by Crippen LogP contribution is -2.29. The molecule has 0 radical (unpaired) electrons. The number of hydrogen-bond acceptors (Lipinski definition) is 7. The van der Waals surface area contributed by atoms with Gasteiger partial charge in [0.05, 0.1) is 6.61 Å². The highest BCUT2D eigenvalue weighted by atomic mass is 32.2. The van der Waals surface area contributed by atoms with Gasteiger partial charge in [-0.2, -0.15) is 21.5 Å². The van der Waals surface area contributed by atoms with Gasteiger partial charge in [0.2, 0.25) is 0 Å². The van der Waals surface area contributed by atoms with Crippen LogP contribution in [-0.4, -0.2) is 40.1 Å². The van der Waals surface area contributed by atoms with Crippen molar-refractivity contribution in [3.8, 4) is 0 Å². The van der Waals surface area contributed by atoms with E-state index in [2.05, 4.69) is 13.8 Å². The zero-order valence-electron chi connectivity index (χ0n) is 23.6. The fraction of sp³-hybridized carbons (Fsp3) is 0.929. The van der Waals surface area contributed by atoms with E-state index >= 15 is 0 Å². The van der Waals surface area contributed by atoms with E-state index in [1.54, 1.807) is 0 Å². The van der Waals surface area contributed by atoms with Crippen LogP contribution in [0.4, 0.5) is 0 Å². The second-order valence-corrected chi connectivity index (χ2v) is 12.0. The van der Waals surface area contributed by atoms with Crippen LogP contribution in [0.15, 0.2) is 0 Å². The van der Waals surface area contributed by atoms with Crippen molar-refractivity contribution in [2.24, 2.45) is 0 Å². The van der Waals surface area contributed by atoms with Gasteiger partial charge in [0, 0.05) is 5.25 Å². The van der Waals surface area contributed by atoms with Crippen molar-refractivity contribution in [3.63, 3.8) is 0 Å². The summed E-state index contributed by atoms with van der Waals surface area (Å²) in [4.78, 5) is 43.3. The van der Waals surface area contributed by atoms with Crippen LogP contribution >= 0.6 is 19.8 Å². The average Bonchev–Trinajstić information content (AvgIpc) is 2.86. The van der Waals surface area contributed by atoms with Crippen molar-refractivity contribution in [3.05, 3.63) is 0 Å². The molecule has 36 heavy (non-hydrogen) atoms. The lowest BCUT2D eigenvalue weighted by molar-refractivity contribution is -0.289. The van der Waals surface area contributed by atoms with Gasteiger partial charge in [0.15, 0.2) is 0 Å². The second-order valence-electron chi connectivity index (χ2n) is 9.75. The third kappa shape index (κ3) is 20.8. The summed E-state index contributed by atoms with van der Waals surface area (Å²) in [7, 11) is -2.92. The number of thioether (sulfide) groups is 1. The fourth-order valence-corrected chi connectivity index (χ4v) is 5.73. The van der Waals surface area contributed by atoms with E-state index in [-0.39, 0.29) is 18.0 Å². The summed E-state index contributed by atoms with van der Waals surface area (Å²) < 4.78 is 5.09. The topological polar surface area (TPSA) is 88.1 Å². The van der Waals surface area contributed by atoms with E-state index < -0.39 is 19.4 Å².